The molecule has 1 amide bonds. The summed E-state index contributed by atoms with van der Waals surface area (Å²) in [6.07, 6.45) is 0. The lowest BCUT2D eigenvalue weighted by atomic mass is 10.1. The van der Waals surface area contributed by atoms with Gasteiger partial charge in [-0.1, -0.05) is 29.8 Å². The predicted octanol–water partition coefficient (Wildman–Crippen LogP) is 4.06. The molecule has 2 N–H and O–H groups in total. The van der Waals surface area contributed by atoms with Crippen molar-refractivity contribution in [2.24, 2.45) is 0 Å². The molecule has 0 fully saturated rings. The topological polar surface area (TPSA) is 46.3 Å². The molecule has 4 heteroatoms. The summed E-state index contributed by atoms with van der Waals surface area (Å²) < 4.78 is 0. The third-order valence-electron chi connectivity index (χ3n) is 3.78. The number of hydrogen-bond acceptors (Lipinski definition) is 2. The van der Waals surface area contributed by atoms with Crippen molar-refractivity contribution >= 4 is 23.2 Å². The van der Waals surface area contributed by atoms with Crippen molar-refractivity contribution in [1.29, 1.82) is 0 Å². The van der Waals surface area contributed by atoms with Gasteiger partial charge in [-0.3, -0.25) is 4.79 Å². The number of rotatable bonds is 3. The van der Waals surface area contributed by atoms with Crippen molar-refractivity contribution in [2.45, 2.75) is 19.9 Å². The Kier molecular flexibility index (Phi) is 4.53. The summed E-state index contributed by atoms with van der Waals surface area (Å²) in [7, 11) is 1.79. The highest BCUT2D eigenvalue weighted by atomic mass is 35.5. The first-order valence-electron chi connectivity index (χ1n) is 6.79. The number of anilines is 1. The Morgan fingerprint density at radius 1 is 1.19 bits per heavy atom. The van der Waals surface area contributed by atoms with E-state index < -0.39 is 0 Å². The van der Waals surface area contributed by atoms with Crippen LogP contribution < -0.4 is 5.73 Å². The highest BCUT2D eigenvalue weighted by Gasteiger charge is 2.19. The Bertz CT molecular complexity index is 652. The third kappa shape index (κ3) is 3.37. The van der Waals surface area contributed by atoms with E-state index >= 15 is 0 Å². The smallest absolute Gasteiger partial charge is 0.254 e. The van der Waals surface area contributed by atoms with E-state index in [1.807, 2.05) is 44.2 Å². The number of nitrogen functional groups attached to an aromatic ring is 1. The summed E-state index contributed by atoms with van der Waals surface area (Å²) >= 11 is 5.89. The van der Waals surface area contributed by atoms with E-state index in [0.29, 0.717) is 16.3 Å². The Labute approximate surface area is 130 Å². The minimum atomic E-state index is -0.0517. The van der Waals surface area contributed by atoms with Crippen molar-refractivity contribution in [2.75, 3.05) is 12.8 Å². The molecule has 0 aliphatic heterocycles. The van der Waals surface area contributed by atoms with Crippen molar-refractivity contribution in [1.82, 2.24) is 4.90 Å². The molecule has 0 aromatic heterocycles. The lowest BCUT2D eigenvalue weighted by molar-refractivity contribution is 0.0742. The second-order valence-electron chi connectivity index (χ2n) is 5.21. The van der Waals surface area contributed by atoms with Crippen molar-refractivity contribution < 1.29 is 4.79 Å². The first kappa shape index (κ1) is 15.4. The second kappa shape index (κ2) is 6.19. The third-order valence-corrected chi connectivity index (χ3v) is 4.03. The molecule has 110 valence electrons. The lowest BCUT2D eigenvalue weighted by Gasteiger charge is -2.25. The summed E-state index contributed by atoms with van der Waals surface area (Å²) in [5.74, 6) is -0.0517. The van der Waals surface area contributed by atoms with Gasteiger partial charge < -0.3 is 10.6 Å². The molecule has 0 saturated heterocycles. The van der Waals surface area contributed by atoms with Crippen molar-refractivity contribution in [3.63, 3.8) is 0 Å². The molecule has 0 aliphatic rings. The SMILES string of the molecule is Cc1ccc(C(=O)N(C)C(C)c2ccc(Cl)cc2)cc1N. The van der Waals surface area contributed by atoms with Gasteiger partial charge >= 0.3 is 0 Å². The molecular weight excluding hydrogens is 284 g/mol. The molecule has 0 radical (unpaired) electrons. The highest BCUT2D eigenvalue weighted by Crippen LogP contribution is 2.23. The average molecular weight is 303 g/mol. The van der Waals surface area contributed by atoms with Crippen LogP contribution in [0.3, 0.4) is 0 Å². The van der Waals surface area contributed by atoms with Crippen LogP contribution in [0.15, 0.2) is 42.5 Å². The van der Waals surface area contributed by atoms with Gasteiger partial charge in [-0.15, -0.1) is 0 Å². The van der Waals surface area contributed by atoms with Gasteiger partial charge in [-0.25, -0.2) is 0 Å². The average Bonchev–Trinajstić information content (AvgIpc) is 2.48. The molecule has 0 heterocycles. The quantitative estimate of drug-likeness (QED) is 0.869. The zero-order valence-corrected chi connectivity index (χ0v) is 13.2. The van der Waals surface area contributed by atoms with Crippen molar-refractivity contribution in [3.8, 4) is 0 Å². The van der Waals surface area contributed by atoms with E-state index in [-0.39, 0.29) is 11.9 Å². The van der Waals surface area contributed by atoms with Crippen LogP contribution in [0.2, 0.25) is 5.02 Å². The van der Waals surface area contributed by atoms with E-state index in [4.69, 9.17) is 17.3 Å². The van der Waals surface area contributed by atoms with Gasteiger partial charge in [0, 0.05) is 23.3 Å². The van der Waals surface area contributed by atoms with Gasteiger partial charge in [-0.2, -0.15) is 0 Å². The van der Waals surface area contributed by atoms with E-state index in [1.165, 1.54) is 0 Å². The maximum atomic E-state index is 12.5. The Balaban J connectivity index is 2.21. The molecular formula is C17H19ClN2O. The maximum absolute atomic E-state index is 12.5. The largest absolute Gasteiger partial charge is 0.398 e. The molecule has 3 nitrogen and oxygen atoms in total. The summed E-state index contributed by atoms with van der Waals surface area (Å²) in [4.78, 5) is 14.2. The van der Waals surface area contributed by atoms with Gasteiger partial charge in [0.15, 0.2) is 0 Å². The van der Waals surface area contributed by atoms with E-state index in [0.717, 1.165) is 11.1 Å². The molecule has 2 aromatic rings. The van der Waals surface area contributed by atoms with Crippen LogP contribution in [0, 0.1) is 6.92 Å². The molecule has 0 bridgehead atoms. The molecule has 0 aliphatic carbocycles. The van der Waals surface area contributed by atoms with E-state index in [1.54, 1.807) is 24.1 Å². The fourth-order valence-electron chi connectivity index (χ4n) is 2.12. The van der Waals surface area contributed by atoms with Crippen LogP contribution in [-0.2, 0) is 0 Å². The minimum absolute atomic E-state index is 0.0442. The molecule has 1 atom stereocenters. The Morgan fingerprint density at radius 2 is 1.81 bits per heavy atom. The number of nitrogens with two attached hydrogens (primary N) is 1. The first-order chi connectivity index (χ1) is 9.90. The molecule has 0 saturated carbocycles. The van der Waals surface area contributed by atoms with Crippen LogP contribution in [0.5, 0.6) is 0 Å². The zero-order valence-electron chi connectivity index (χ0n) is 12.4. The number of aryl methyl sites for hydroxylation is 1. The Morgan fingerprint density at radius 3 is 2.38 bits per heavy atom. The first-order valence-corrected chi connectivity index (χ1v) is 7.16. The summed E-state index contributed by atoms with van der Waals surface area (Å²) in [6, 6.07) is 12.9. The number of nitrogens with zero attached hydrogens (tertiary/aromatic N) is 1. The summed E-state index contributed by atoms with van der Waals surface area (Å²) in [6.45, 7) is 3.91. The zero-order chi connectivity index (χ0) is 15.6. The fourth-order valence-corrected chi connectivity index (χ4v) is 2.24. The van der Waals surface area contributed by atoms with Gasteiger partial charge in [0.05, 0.1) is 6.04 Å². The fraction of sp³-hybridized carbons (Fsp3) is 0.235. The van der Waals surface area contributed by atoms with Gasteiger partial charge in [0.2, 0.25) is 0 Å². The predicted molar refractivity (Wildman–Crippen MR) is 87.6 cm³/mol. The number of carbonyl (C=O) groups is 1. The minimum Gasteiger partial charge on any atom is -0.398 e. The number of amides is 1. The van der Waals surface area contributed by atoms with Crippen LogP contribution >= 0.6 is 11.6 Å². The number of benzene rings is 2. The highest BCUT2D eigenvalue weighted by molar-refractivity contribution is 6.30. The van der Waals surface area contributed by atoms with Crippen LogP contribution in [0.4, 0.5) is 5.69 Å². The van der Waals surface area contributed by atoms with E-state index in [2.05, 4.69) is 0 Å². The number of carbonyl (C=O) groups excluding carboxylic acids is 1. The molecule has 0 spiro atoms. The van der Waals surface area contributed by atoms with Gasteiger partial charge in [0.1, 0.15) is 0 Å². The van der Waals surface area contributed by atoms with Crippen LogP contribution in [0.25, 0.3) is 0 Å². The summed E-state index contributed by atoms with van der Waals surface area (Å²) in [5.41, 5.74) is 9.12. The Hall–Kier alpha value is -2.00. The van der Waals surface area contributed by atoms with Crippen molar-refractivity contribution in [3.05, 3.63) is 64.2 Å². The standard InChI is InChI=1S/C17H19ClN2O/c1-11-4-5-14(10-16(11)19)17(21)20(3)12(2)13-6-8-15(18)9-7-13/h4-10,12H,19H2,1-3H3. The molecule has 2 aromatic carbocycles. The van der Waals surface area contributed by atoms with Gasteiger partial charge in [-0.05, 0) is 49.2 Å². The lowest BCUT2D eigenvalue weighted by Crippen LogP contribution is -2.29. The second-order valence-corrected chi connectivity index (χ2v) is 5.65. The van der Waals surface area contributed by atoms with Crippen LogP contribution in [-0.4, -0.2) is 17.9 Å². The normalized spacial score (nSPS) is 12.0. The van der Waals surface area contributed by atoms with E-state index in [9.17, 15) is 4.79 Å². The number of halogens is 1. The van der Waals surface area contributed by atoms with Crippen LogP contribution in [0.1, 0.15) is 34.5 Å². The summed E-state index contributed by atoms with van der Waals surface area (Å²) in [5, 5.41) is 0.686. The maximum Gasteiger partial charge on any atom is 0.254 e. The monoisotopic (exact) mass is 302 g/mol. The molecule has 2 rings (SSSR count). The van der Waals surface area contributed by atoms with Gasteiger partial charge in [0.25, 0.3) is 5.91 Å². The molecule has 21 heavy (non-hydrogen) atoms. The molecule has 1 unspecified atom stereocenters. The number of hydrogen-bond donors (Lipinski definition) is 1.